The van der Waals surface area contributed by atoms with Gasteiger partial charge in [0.25, 0.3) is 0 Å². The number of nitriles is 1. The molecule has 0 saturated heterocycles. The molecule has 0 aliphatic rings. The zero-order chi connectivity index (χ0) is 14.3. The molecule has 0 bridgehead atoms. The van der Waals surface area contributed by atoms with E-state index in [4.69, 9.17) is 10.4 Å². The van der Waals surface area contributed by atoms with E-state index in [1.807, 2.05) is 19.9 Å². The van der Waals surface area contributed by atoms with Gasteiger partial charge in [-0.1, -0.05) is 13.0 Å². The number of carbonyl (C=O) groups excluding carboxylic acids is 1. The second-order valence-electron chi connectivity index (χ2n) is 4.28. The van der Waals surface area contributed by atoms with E-state index in [1.165, 1.54) is 11.8 Å². The maximum atomic E-state index is 12.0. The van der Waals surface area contributed by atoms with Crippen molar-refractivity contribution in [2.24, 2.45) is 0 Å². The molecule has 0 aliphatic heterocycles. The Balaban J connectivity index is 2.56. The lowest BCUT2D eigenvalue weighted by Gasteiger charge is -2.16. The van der Waals surface area contributed by atoms with Gasteiger partial charge in [0.05, 0.1) is 16.9 Å². The lowest BCUT2D eigenvalue weighted by atomic mass is 10.2. The molecule has 4 nitrogen and oxygen atoms in total. The van der Waals surface area contributed by atoms with E-state index >= 15 is 0 Å². The average Bonchev–Trinajstić information content (AvgIpc) is 2.39. The summed E-state index contributed by atoms with van der Waals surface area (Å²) in [6.45, 7) is 3.95. The predicted octanol–water partition coefficient (Wildman–Crippen LogP) is 2.39. The van der Waals surface area contributed by atoms with Gasteiger partial charge in [0.15, 0.2) is 0 Å². The monoisotopic (exact) mass is 278 g/mol. The number of aliphatic hydroxyl groups is 1. The first-order valence-corrected chi connectivity index (χ1v) is 7.08. The smallest absolute Gasteiger partial charge is 0.237 e. The zero-order valence-electron chi connectivity index (χ0n) is 11.1. The number of rotatable bonds is 6. The van der Waals surface area contributed by atoms with Gasteiger partial charge < -0.3 is 10.4 Å². The molecule has 0 saturated carbocycles. The summed E-state index contributed by atoms with van der Waals surface area (Å²) in [4.78, 5) is 12.0. The van der Waals surface area contributed by atoms with Crippen molar-refractivity contribution in [2.45, 2.75) is 30.8 Å². The molecule has 0 aliphatic carbocycles. The van der Waals surface area contributed by atoms with Crippen molar-refractivity contribution >= 4 is 23.4 Å². The third kappa shape index (κ3) is 5.33. The van der Waals surface area contributed by atoms with Crippen molar-refractivity contribution in [3.8, 4) is 6.07 Å². The predicted molar refractivity (Wildman–Crippen MR) is 78.0 cm³/mol. The molecule has 1 aromatic carbocycles. The van der Waals surface area contributed by atoms with Crippen LogP contribution in [0.1, 0.15) is 25.8 Å². The van der Waals surface area contributed by atoms with E-state index in [-0.39, 0.29) is 23.0 Å². The SMILES string of the molecule is CC(CCO)SC(C)C(=O)Nc1cccc(C#N)c1. The fraction of sp³-hybridized carbons (Fsp3) is 0.429. The molecule has 2 N–H and O–H groups in total. The second-order valence-corrected chi connectivity index (χ2v) is 6.07. The number of hydrogen-bond acceptors (Lipinski definition) is 4. The average molecular weight is 278 g/mol. The Morgan fingerprint density at radius 3 is 2.89 bits per heavy atom. The Labute approximate surface area is 117 Å². The highest BCUT2D eigenvalue weighted by molar-refractivity contribution is 8.01. The molecule has 0 heterocycles. The van der Waals surface area contributed by atoms with Crippen LogP contribution in [-0.2, 0) is 4.79 Å². The summed E-state index contributed by atoms with van der Waals surface area (Å²) in [6, 6.07) is 8.87. The Morgan fingerprint density at radius 2 is 2.26 bits per heavy atom. The van der Waals surface area contributed by atoms with E-state index in [2.05, 4.69) is 5.32 Å². The Morgan fingerprint density at radius 1 is 1.53 bits per heavy atom. The summed E-state index contributed by atoms with van der Waals surface area (Å²) in [6.07, 6.45) is 0.673. The van der Waals surface area contributed by atoms with Gasteiger partial charge >= 0.3 is 0 Å². The van der Waals surface area contributed by atoms with E-state index in [0.717, 1.165) is 0 Å². The third-order valence-electron chi connectivity index (χ3n) is 2.60. The van der Waals surface area contributed by atoms with Crippen molar-refractivity contribution in [3.05, 3.63) is 29.8 Å². The van der Waals surface area contributed by atoms with Gasteiger partial charge in [-0.15, -0.1) is 11.8 Å². The highest BCUT2D eigenvalue weighted by Gasteiger charge is 2.16. The van der Waals surface area contributed by atoms with Crippen LogP contribution in [0.2, 0.25) is 0 Å². The van der Waals surface area contributed by atoms with Gasteiger partial charge in [0.1, 0.15) is 0 Å². The molecule has 102 valence electrons. The van der Waals surface area contributed by atoms with E-state index in [9.17, 15) is 4.79 Å². The first-order chi connectivity index (χ1) is 9.06. The molecule has 19 heavy (non-hydrogen) atoms. The minimum absolute atomic E-state index is 0.0927. The summed E-state index contributed by atoms with van der Waals surface area (Å²) in [5.41, 5.74) is 1.15. The van der Waals surface area contributed by atoms with Crippen molar-refractivity contribution in [2.75, 3.05) is 11.9 Å². The van der Waals surface area contributed by atoms with Crippen LogP contribution in [0.15, 0.2) is 24.3 Å². The van der Waals surface area contributed by atoms with Crippen LogP contribution in [0.25, 0.3) is 0 Å². The summed E-state index contributed by atoms with van der Waals surface area (Å²) < 4.78 is 0. The van der Waals surface area contributed by atoms with Crippen molar-refractivity contribution < 1.29 is 9.90 Å². The Hall–Kier alpha value is -1.51. The maximum Gasteiger partial charge on any atom is 0.237 e. The van der Waals surface area contributed by atoms with Gasteiger partial charge in [0, 0.05) is 17.5 Å². The normalized spacial score (nSPS) is 13.4. The second kappa shape index (κ2) is 7.82. The Bertz CT molecular complexity index is 471. The minimum atomic E-state index is -0.202. The van der Waals surface area contributed by atoms with E-state index in [1.54, 1.807) is 24.3 Å². The van der Waals surface area contributed by atoms with Crippen molar-refractivity contribution in [1.29, 1.82) is 5.26 Å². The maximum absolute atomic E-state index is 12.0. The quantitative estimate of drug-likeness (QED) is 0.838. The molecule has 2 atom stereocenters. The topological polar surface area (TPSA) is 73.1 Å². The van der Waals surface area contributed by atoms with Gasteiger partial charge in [0.2, 0.25) is 5.91 Å². The lowest BCUT2D eigenvalue weighted by Crippen LogP contribution is -2.24. The fourth-order valence-electron chi connectivity index (χ4n) is 1.57. The standard InChI is InChI=1S/C14H18N2O2S/c1-10(6-7-17)19-11(2)14(18)16-13-5-3-4-12(8-13)9-15/h3-5,8,10-11,17H,6-7H2,1-2H3,(H,16,18). The van der Waals surface area contributed by atoms with Crippen LogP contribution < -0.4 is 5.32 Å². The highest BCUT2D eigenvalue weighted by Crippen LogP contribution is 2.21. The first kappa shape index (κ1) is 15.5. The van der Waals surface area contributed by atoms with Crippen LogP contribution in [0.4, 0.5) is 5.69 Å². The lowest BCUT2D eigenvalue weighted by molar-refractivity contribution is -0.115. The number of hydrogen-bond donors (Lipinski definition) is 2. The number of nitrogens with one attached hydrogen (secondary N) is 1. The van der Waals surface area contributed by atoms with Gasteiger partial charge in [-0.25, -0.2) is 0 Å². The highest BCUT2D eigenvalue weighted by atomic mass is 32.2. The van der Waals surface area contributed by atoms with Gasteiger partial charge in [-0.05, 0) is 31.5 Å². The number of carbonyl (C=O) groups is 1. The van der Waals surface area contributed by atoms with Gasteiger partial charge in [-0.2, -0.15) is 5.26 Å². The largest absolute Gasteiger partial charge is 0.396 e. The summed E-state index contributed by atoms with van der Waals surface area (Å²) in [7, 11) is 0. The summed E-state index contributed by atoms with van der Waals surface area (Å²) in [5.74, 6) is -0.0927. The molecular formula is C14H18N2O2S. The summed E-state index contributed by atoms with van der Waals surface area (Å²) in [5, 5.41) is 20.5. The Kier molecular flexibility index (Phi) is 6.40. The molecule has 1 rings (SSSR count). The van der Waals surface area contributed by atoms with Gasteiger partial charge in [-0.3, -0.25) is 4.79 Å². The first-order valence-electron chi connectivity index (χ1n) is 6.14. The van der Waals surface area contributed by atoms with Crippen LogP contribution in [-0.4, -0.2) is 28.1 Å². The number of aliphatic hydroxyl groups excluding tert-OH is 1. The van der Waals surface area contributed by atoms with E-state index < -0.39 is 0 Å². The molecule has 1 aromatic rings. The third-order valence-corrected chi connectivity index (χ3v) is 3.92. The minimum Gasteiger partial charge on any atom is -0.396 e. The number of anilines is 1. The molecule has 0 spiro atoms. The van der Waals surface area contributed by atoms with Crippen molar-refractivity contribution in [1.82, 2.24) is 0 Å². The zero-order valence-corrected chi connectivity index (χ0v) is 11.9. The molecule has 2 unspecified atom stereocenters. The number of thioether (sulfide) groups is 1. The number of nitrogens with zero attached hydrogens (tertiary/aromatic N) is 1. The van der Waals surface area contributed by atoms with Crippen LogP contribution in [0.5, 0.6) is 0 Å². The fourth-order valence-corrected chi connectivity index (χ4v) is 2.69. The van der Waals surface area contributed by atoms with Crippen molar-refractivity contribution in [3.63, 3.8) is 0 Å². The van der Waals surface area contributed by atoms with E-state index in [0.29, 0.717) is 17.7 Å². The molecular weight excluding hydrogens is 260 g/mol. The molecule has 0 fully saturated rings. The number of benzene rings is 1. The number of amides is 1. The van der Waals surface area contributed by atoms with Crippen LogP contribution >= 0.6 is 11.8 Å². The molecule has 0 radical (unpaired) electrons. The van der Waals surface area contributed by atoms with Crippen LogP contribution in [0, 0.1) is 11.3 Å². The molecule has 1 amide bonds. The molecule has 5 heteroatoms. The summed E-state index contributed by atoms with van der Waals surface area (Å²) >= 11 is 1.52. The molecule has 0 aromatic heterocycles. The van der Waals surface area contributed by atoms with Crippen LogP contribution in [0.3, 0.4) is 0 Å².